The minimum absolute atomic E-state index is 0.0266. The van der Waals surface area contributed by atoms with Gasteiger partial charge in [0.05, 0.1) is 12.9 Å². The molecular weight excluding hydrogens is 270 g/mol. The summed E-state index contributed by atoms with van der Waals surface area (Å²) in [5, 5.41) is 8.88. The number of nitrogens with zero attached hydrogens (tertiary/aromatic N) is 3. The maximum absolute atomic E-state index is 11.6. The fourth-order valence-corrected chi connectivity index (χ4v) is 1.59. The van der Waals surface area contributed by atoms with Gasteiger partial charge >= 0.3 is 0 Å². The first-order valence-electron chi connectivity index (χ1n) is 5.50. The van der Waals surface area contributed by atoms with Crippen molar-refractivity contribution in [2.45, 2.75) is 12.3 Å². The lowest BCUT2D eigenvalue weighted by Gasteiger charge is -2.16. The number of imidazole rings is 1. The fourth-order valence-electron chi connectivity index (χ4n) is 1.59. The van der Waals surface area contributed by atoms with Gasteiger partial charge in [0.1, 0.15) is 6.10 Å². The van der Waals surface area contributed by atoms with Crippen molar-refractivity contribution in [1.82, 2.24) is 19.5 Å². The fraction of sp³-hybridized carbons (Fsp3) is 0.300. The van der Waals surface area contributed by atoms with Crippen molar-refractivity contribution < 1.29 is 19.4 Å². The highest BCUT2D eigenvalue weighted by atomic mass is 16.5. The molecule has 2 aromatic heterocycles. The van der Waals surface area contributed by atoms with E-state index in [2.05, 4.69) is 15.0 Å². The first kappa shape index (κ1) is 13.8. The van der Waals surface area contributed by atoms with Crippen molar-refractivity contribution in [1.29, 1.82) is 0 Å². The molecule has 0 unspecified atom stereocenters. The summed E-state index contributed by atoms with van der Waals surface area (Å²) >= 11 is 0. The summed E-state index contributed by atoms with van der Waals surface area (Å²) in [4.78, 5) is 43.2. The molecule has 4 N–H and O–H groups in total. The lowest BCUT2D eigenvalue weighted by atomic mass is 10.4. The number of carbonyl (C=O) groups is 2. The van der Waals surface area contributed by atoms with Gasteiger partial charge in [-0.3, -0.25) is 19.1 Å². The Morgan fingerprint density at radius 2 is 2.25 bits per heavy atom. The number of hydrogen-bond donors (Lipinski definition) is 3. The molecule has 0 aliphatic rings. The van der Waals surface area contributed by atoms with Gasteiger partial charge in [0.2, 0.25) is 5.95 Å². The smallest absolute Gasteiger partial charge is 0.280 e. The van der Waals surface area contributed by atoms with Crippen LogP contribution in [0.3, 0.4) is 0 Å². The van der Waals surface area contributed by atoms with Gasteiger partial charge in [-0.15, -0.1) is 0 Å². The molecule has 2 atom stereocenters. The second-order valence-corrected chi connectivity index (χ2v) is 3.80. The molecule has 0 saturated carbocycles. The zero-order valence-electron chi connectivity index (χ0n) is 10.1. The Morgan fingerprint density at radius 3 is 2.85 bits per heavy atom. The standard InChI is InChI=1S/C10H11N5O5/c11-10-13-8-7(9(19)14-10)12-4-15(8)6(3-18)20-5(1-16)2-17/h1,3-6,17H,2H2,(H3,11,13,14,19)/t5-,6+/m0/s1. The number of aliphatic hydroxyl groups is 1. The van der Waals surface area contributed by atoms with Crippen molar-refractivity contribution >= 4 is 29.7 Å². The molecule has 2 aromatic rings. The van der Waals surface area contributed by atoms with E-state index in [1.165, 1.54) is 0 Å². The molecule has 10 nitrogen and oxygen atoms in total. The molecule has 0 fully saturated rings. The minimum Gasteiger partial charge on any atom is -0.393 e. The monoisotopic (exact) mass is 281 g/mol. The summed E-state index contributed by atoms with van der Waals surface area (Å²) in [5.41, 5.74) is 4.86. The third-order valence-corrected chi connectivity index (χ3v) is 2.49. The van der Waals surface area contributed by atoms with E-state index in [4.69, 9.17) is 15.6 Å². The summed E-state index contributed by atoms with van der Waals surface area (Å²) in [6.07, 6.45) is -0.556. The minimum atomic E-state index is -1.27. The molecule has 2 rings (SSSR count). The van der Waals surface area contributed by atoms with Crippen LogP contribution in [-0.2, 0) is 14.3 Å². The lowest BCUT2D eigenvalue weighted by Crippen LogP contribution is -2.26. The van der Waals surface area contributed by atoms with Crippen LogP contribution < -0.4 is 11.3 Å². The number of carbonyl (C=O) groups excluding carboxylic acids is 2. The molecule has 0 aromatic carbocycles. The topological polar surface area (TPSA) is 153 Å². The highest BCUT2D eigenvalue weighted by Crippen LogP contribution is 2.15. The summed E-state index contributed by atoms with van der Waals surface area (Å²) in [6.45, 7) is -0.587. The van der Waals surface area contributed by atoms with Crippen LogP contribution in [0.4, 0.5) is 5.95 Å². The number of H-pyrrole nitrogens is 1. The third kappa shape index (κ3) is 2.41. The summed E-state index contributed by atoms with van der Waals surface area (Å²) < 4.78 is 6.21. The maximum atomic E-state index is 11.6. The Labute approximate surface area is 111 Å². The Kier molecular flexibility index (Phi) is 3.86. The molecule has 0 saturated heterocycles. The zero-order valence-corrected chi connectivity index (χ0v) is 10.1. The molecular formula is C10H11N5O5. The van der Waals surface area contributed by atoms with Gasteiger partial charge in [-0.2, -0.15) is 4.98 Å². The van der Waals surface area contributed by atoms with Gasteiger partial charge in [-0.05, 0) is 0 Å². The van der Waals surface area contributed by atoms with Crippen LogP contribution in [0.25, 0.3) is 11.2 Å². The highest BCUT2D eigenvalue weighted by Gasteiger charge is 2.20. The van der Waals surface area contributed by atoms with E-state index in [0.29, 0.717) is 12.6 Å². The molecule has 0 radical (unpaired) electrons. The van der Waals surface area contributed by atoms with Crippen molar-refractivity contribution in [3.8, 4) is 0 Å². The van der Waals surface area contributed by atoms with E-state index in [1.54, 1.807) is 0 Å². The average molecular weight is 281 g/mol. The number of aromatic amines is 1. The molecule has 20 heavy (non-hydrogen) atoms. The Bertz CT molecular complexity index is 693. The first-order chi connectivity index (χ1) is 9.60. The van der Waals surface area contributed by atoms with Crippen molar-refractivity contribution in [2.75, 3.05) is 12.3 Å². The van der Waals surface area contributed by atoms with Gasteiger partial charge < -0.3 is 20.4 Å². The summed E-state index contributed by atoms with van der Waals surface area (Å²) in [5.74, 6) is -0.150. The lowest BCUT2D eigenvalue weighted by molar-refractivity contribution is -0.139. The van der Waals surface area contributed by atoms with Crippen molar-refractivity contribution in [2.24, 2.45) is 0 Å². The molecule has 10 heteroatoms. The number of aldehydes is 2. The zero-order chi connectivity index (χ0) is 14.7. The van der Waals surface area contributed by atoms with E-state index in [1.807, 2.05) is 0 Å². The van der Waals surface area contributed by atoms with Gasteiger partial charge in [-0.25, -0.2) is 4.98 Å². The number of anilines is 1. The predicted octanol–water partition coefficient (Wildman–Crippen LogP) is -2.02. The average Bonchev–Trinajstić information content (AvgIpc) is 2.84. The quantitative estimate of drug-likeness (QED) is 0.512. The Hall–Kier alpha value is -2.59. The molecule has 0 spiro atoms. The molecule has 0 aliphatic carbocycles. The predicted molar refractivity (Wildman–Crippen MR) is 65.7 cm³/mol. The largest absolute Gasteiger partial charge is 0.393 e. The summed E-state index contributed by atoms with van der Waals surface area (Å²) in [6, 6.07) is 0. The van der Waals surface area contributed by atoms with Gasteiger partial charge in [-0.1, -0.05) is 0 Å². The van der Waals surface area contributed by atoms with Crippen molar-refractivity contribution in [3.63, 3.8) is 0 Å². The van der Waals surface area contributed by atoms with Crippen LogP contribution in [0.15, 0.2) is 11.1 Å². The number of hydrogen-bond acceptors (Lipinski definition) is 8. The van der Waals surface area contributed by atoms with Crippen molar-refractivity contribution in [3.05, 3.63) is 16.7 Å². The van der Waals surface area contributed by atoms with Gasteiger partial charge in [0.15, 0.2) is 30.0 Å². The van der Waals surface area contributed by atoms with Crippen LogP contribution in [0, 0.1) is 0 Å². The second kappa shape index (κ2) is 5.59. The molecule has 2 heterocycles. The van der Waals surface area contributed by atoms with Crippen LogP contribution in [0.1, 0.15) is 6.23 Å². The van der Waals surface area contributed by atoms with Crippen LogP contribution in [-0.4, -0.2) is 49.9 Å². The van der Waals surface area contributed by atoms with Gasteiger partial charge in [0, 0.05) is 0 Å². The van der Waals surface area contributed by atoms with E-state index >= 15 is 0 Å². The van der Waals surface area contributed by atoms with Crippen LogP contribution in [0.2, 0.25) is 0 Å². The number of fused-ring (bicyclic) bond motifs is 1. The van der Waals surface area contributed by atoms with E-state index in [9.17, 15) is 14.4 Å². The molecule has 0 aliphatic heterocycles. The first-order valence-corrected chi connectivity index (χ1v) is 5.50. The highest BCUT2D eigenvalue weighted by molar-refractivity contribution is 5.72. The number of nitrogens with two attached hydrogens (primary N) is 1. The number of rotatable bonds is 6. The van der Waals surface area contributed by atoms with E-state index < -0.39 is 24.5 Å². The number of nitrogens with one attached hydrogen (secondary N) is 1. The van der Waals surface area contributed by atoms with Crippen LogP contribution in [0.5, 0.6) is 0 Å². The van der Waals surface area contributed by atoms with E-state index in [0.717, 1.165) is 10.9 Å². The van der Waals surface area contributed by atoms with Crippen LogP contribution >= 0.6 is 0 Å². The summed E-state index contributed by atoms with van der Waals surface area (Å²) in [7, 11) is 0. The number of aromatic nitrogens is 4. The van der Waals surface area contributed by atoms with Gasteiger partial charge in [0.25, 0.3) is 5.56 Å². The third-order valence-electron chi connectivity index (χ3n) is 2.49. The molecule has 0 amide bonds. The second-order valence-electron chi connectivity index (χ2n) is 3.80. The Morgan fingerprint density at radius 1 is 1.50 bits per heavy atom. The number of ether oxygens (including phenoxy) is 1. The Balaban J connectivity index is 2.47. The SMILES string of the molecule is Nc1nc2c(ncn2[C@@H](C=O)O[C@@H](C=O)CO)c(=O)[nH]1. The van der Waals surface area contributed by atoms with E-state index in [-0.39, 0.29) is 17.1 Å². The molecule has 0 bridgehead atoms. The number of nitrogen functional groups attached to an aromatic ring is 1. The maximum Gasteiger partial charge on any atom is 0.280 e. The molecule has 106 valence electrons. The normalized spacial score (nSPS) is 14.1. The number of aliphatic hydroxyl groups excluding tert-OH is 1.